The van der Waals surface area contributed by atoms with E-state index >= 15 is 0 Å². The van der Waals surface area contributed by atoms with Crippen molar-refractivity contribution in [3.05, 3.63) is 162 Å². The Hall–Kier alpha value is -6.66. The van der Waals surface area contributed by atoms with Crippen LogP contribution in [0.1, 0.15) is 418 Å². The quantitative estimate of drug-likeness (QED) is 0.0508. The van der Waals surface area contributed by atoms with E-state index in [0.717, 1.165) is 90.4 Å². The van der Waals surface area contributed by atoms with Gasteiger partial charge in [0.15, 0.2) is 0 Å². The third-order valence-electron chi connectivity index (χ3n) is 20.0. The molecule has 2 aromatic rings. The number of hydrogen-bond acceptors (Lipinski definition) is 6. The monoisotopic (exact) mass is 1440 g/mol. The zero-order chi connectivity index (χ0) is 73.9. The van der Waals surface area contributed by atoms with Gasteiger partial charge in [-0.25, -0.2) is 0 Å². The van der Waals surface area contributed by atoms with Gasteiger partial charge in [-0.15, -0.1) is 0 Å². The molecular weight excluding hydrogens is 1260 g/mol. The van der Waals surface area contributed by atoms with E-state index in [9.17, 15) is 10.2 Å². The van der Waals surface area contributed by atoms with Crippen molar-refractivity contribution in [2.75, 3.05) is 43.7 Å². The number of unbranched alkanes of at least 4 members (excludes halogenated alkanes) is 51. The zero-order valence-electron chi connectivity index (χ0n) is 66.6. The summed E-state index contributed by atoms with van der Waals surface area (Å²) in [5, 5.41) is 22.4. The van der Waals surface area contributed by atoms with E-state index in [1.807, 2.05) is 18.3 Å². The molecule has 0 aliphatic heterocycles. The van der Waals surface area contributed by atoms with Gasteiger partial charge in [0, 0.05) is 83.7 Å². The molecule has 103 heavy (non-hydrogen) atoms. The number of anilines is 2. The lowest BCUT2D eigenvalue weighted by Gasteiger charge is -2.28. The van der Waals surface area contributed by atoms with Gasteiger partial charge in [-0.2, -0.15) is 0 Å². The van der Waals surface area contributed by atoms with Crippen LogP contribution in [0.25, 0.3) is 0 Å². The number of aliphatic hydroxyl groups excluding tert-OH is 2. The van der Waals surface area contributed by atoms with Crippen LogP contribution >= 0.6 is 0 Å². The molecule has 0 radical (unpaired) electrons. The highest BCUT2D eigenvalue weighted by Gasteiger charge is 2.21. The maximum atomic E-state index is 11.2. The summed E-state index contributed by atoms with van der Waals surface area (Å²) in [6, 6.07) is 8.50. The van der Waals surface area contributed by atoms with Crippen LogP contribution in [0, 0.1) is 0 Å². The van der Waals surface area contributed by atoms with Crippen molar-refractivity contribution in [3.8, 4) is 11.5 Å². The Kier molecular flexibility index (Phi) is 64.9. The molecule has 0 spiro atoms. The Morgan fingerprint density at radius 1 is 0.311 bits per heavy atom. The zero-order valence-corrected chi connectivity index (χ0v) is 66.6. The van der Waals surface area contributed by atoms with Gasteiger partial charge in [-0.05, 0) is 152 Å². The Labute approximate surface area is 661 Å². The molecule has 2 rings (SSSR count). The molecule has 2 N–H and O–H groups in total. The number of rotatable bonds is 66. The molecule has 2 aromatic carbocycles. The highest BCUT2D eigenvalue weighted by molar-refractivity contribution is 5.63. The van der Waals surface area contributed by atoms with Gasteiger partial charge >= 0.3 is 0 Å². The minimum Gasteiger partial charge on any atom is -0.496 e. The molecule has 0 aromatic heterocycles. The summed E-state index contributed by atoms with van der Waals surface area (Å²) in [6.45, 7) is 12.6. The topological polar surface area (TPSA) is 65.4 Å². The Morgan fingerprint density at radius 3 is 0.806 bits per heavy atom. The molecule has 0 saturated heterocycles. The van der Waals surface area contributed by atoms with Gasteiger partial charge in [0.2, 0.25) is 0 Å². The third-order valence-corrected chi connectivity index (χ3v) is 20.0. The van der Waals surface area contributed by atoms with Crippen molar-refractivity contribution in [2.45, 2.75) is 387 Å². The first-order valence-corrected chi connectivity index (χ1v) is 42.2. The third kappa shape index (κ3) is 52.9. The molecule has 0 fully saturated rings. The molecule has 6 nitrogen and oxygen atoms in total. The Bertz CT molecular complexity index is 3200. The largest absolute Gasteiger partial charge is 0.496 e. The summed E-state index contributed by atoms with van der Waals surface area (Å²) in [7, 11) is 3.50. The fourth-order valence-electron chi connectivity index (χ4n) is 13.8. The molecule has 606 valence electrons. The van der Waals surface area contributed by atoms with Crippen LogP contribution in [0.3, 0.4) is 0 Å². The van der Waals surface area contributed by atoms with Crippen molar-refractivity contribution in [1.82, 2.24) is 0 Å². The average molecular weight is 1440 g/mol. The summed E-state index contributed by atoms with van der Waals surface area (Å²) < 4.78 is 12.6. The maximum Gasteiger partial charge on any atom is 0.128 e. The van der Waals surface area contributed by atoms with Gasteiger partial charge in [0.25, 0.3) is 0 Å². The minimum atomic E-state index is -0.200. The second-order valence-corrected chi connectivity index (χ2v) is 28.7. The molecule has 0 aliphatic rings. The van der Waals surface area contributed by atoms with Crippen LogP contribution in [-0.4, -0.2) is 44.1 Å². The first-order valence-electron chi connectivity index (χ1n) is 42.2. The maximum absolute atomic E-state index is 11.2. The van der Waals surface area contributed by atoms with Crippen molar-refractivity contribution >= 4 is 11.4 Å². The van der Waals surface area contributed by atoms with E-state index < -0.39 is 0 Å². The first-order chi connectivity index (χ1) is 51.0. The lowest BCUT2D eigenvalue weighted by atomic mass is 9.93. The van der Waals surface area contributed by atoms with Crippen LogP contribution in [-0.2, 0) is 19.6 Å². The summed E-state index contributed by atoms with van der Waals surface area (Å²) >= 11 is 0. The minimum absolute atomic E-state index is 0. The predicted molar refractivity (Wildman–Crippen MR) is 482 cm³/mol. The Balaban J connectivity index is -0.000000318. The van der Waals surface area contributed by atoms with Crippen LogP contribution in [0.2, 0.25) is 0 Å². The van der Waals surface area contributed by atoms with Crippen LogP contribution in [0.15, 0.2) is 140 Å². The molecule has 6 heteroatoms. The molecule has 0 unspecified atom stereocenters. The van der Waals surface area contributed by atoms with E-state index in [1.54, 1.807) is 14.2 Å². The summed E-state index contributed by atoms with van der Waals surface area (Å²) in [5.41, 5.74) is 53.2. The van der Waals surface area contributed by atoms with Gasteiger partial charge in [0.05, 0.1) is 33.6 Å². The predicted octanol–water partition coefficient (Wildman–Crippen LogP) is 32.9. The Morgan fingerprint density at radius 2 is 0.553 bits per heavy atom. The second kappa shape index (κ2) is 72.3. The average Bonchev–Trinajstić information content (AvgIpc) is 0.788. The van der Waals surface area contributed by atoms with Crippen molar-refractivity contribution in [3.63, 3.8) is 0 Å². The molecule has 0 amide bonds. The summed E-state index contributed by atoms with van der Waals surface area (Å²) in [6.07, 6.45) is 75.3. The summed E-state index contributed by atoms with van der Waals surface area (Å²) in [4.78, 5) is 4.71. The SMILES string of the molecule is C=C=C=C=C=C=C=C=C=C=C=C=C=C=C=C=C=C=C=CN(CCCCCCCCCCCCCCCCCCCC)c1cc(CO)c(Cc2c(OC)cc(N(CCCCCCCCCCCCCCCCCCCC)CCCCCCCCCCCCCCCCCCCC)cc2OC)c(CO)c1.[HH].[HH].[HH].[HH].[HH].[HH].[HH].[HH].[HH].[HH].[HH].[HH].[HH].[HH].[HH].[HH].[HH].[HH].[HH].[HH]. The molecule has 0 heterocycles. The van der Waals surface area contributed by atoms with Gasteiger partial charge < -0.3 is 29.5 Å². The van der Waals surface area contributed by atoms with Gasteiger partial charge in [-0.3, -0.25) is 0 Å². The second-order valence-electron chi connectivity index (χ2n) is 28.7. The van der Waals surface area contributed by atoms with Crippen LogP contribution < -0.4 is 19.3 Å². The molecule has 0 aliphatic carbocycles. The lowest BCUT2D eigenvalue weighted by Crippen LogP contribution is -2.26. The van der Waals surface area contributed by atoms with E-state index in [4.69, 9.17) is 9.47 Å². The summed E-state index contributed by atoms with van der Waals surface area (Å²) in [5.74, 6) is 1.51. The van der Waals surface area contributed by atoms with Gasteiger partial charge in [-0.1, -0.05) is 354 Å². The number of ether oxygens (including phenoxy) is 2. The smallest absolute Gasteiger partial charge is 0.128 e. The van der Waals surface area contributed by atoms with Crippen LogP contribution in [0.5, 0.6) is 11.5 Å². The fraction of sp³-hybridized carbons (Fsp3) is 0.670. The highest BCUT2D eigenvalue weighted by atomic mass is 16.5. The molecular formula is C97H184N2O4. The van der Waals surface area contributed by atoms with Crippen molar-refractivity contribution < 1.29 is 48.2 Å². The number of methoxy groups -OCH3 is 2. The first kappa shape index (κ1) is 92.4. The molecule has 0 bridgehead atoms. The number of benzene rings is 2. The normalized spacial score (nSPS) is 10.2. The fourth-order valence-corrected chi connectivity index (χ4v) is 13.8. The lowest BCUT2D eigenvalue weighted by molar-refractivity contribution is 0.273. The van der Waals surface area contributed by atoms with E-state index in [0.29, 0.717) is 6.42 Å². The number of hydrogen-bond donors (Lipinski definition) is 2. The molecule has 0 atom stereocenters. The molecule has 0 saturated carbocycles. The van der Waals surface area contributed by atoms with E-state index in [2.05, 4.69) is 152 Å². The van der Waals surface area contributed by atoms with E-state index in [-0.39, 0.29) is 41.7 Å². The van der Waals surface area contributed by atoms with Crippen LogP contribution in [0.4, 0.5) is 11.4 Å². The number of aliphatic hydroxyl groups is 2. The standard InChI is InChI=1S/C97H144N2O4.20H2/c1-7-11-15-19-23-27-31-35-39-43-47-51-55-59-63-67-71-75-79-98(80-76-72-68-64-60-56-52-48-44-40-36-32-28-24-20-16-12-8-2)92-83-90(88-100)94(91(84-92)89-101)87-95-96(102-5)85-93(86-97(95)103-6)99(81-77-73-69-65-61-57-53-49-45-41-37-33-29-25-21-17-13-9-3)82-78-74-70-66-62-58-54-50-46-42-38-34-30-26-22-18-14-10-4;;;;;;;;;;;;;;;;;;;;/h79,83-86,100-101H,1,8-10,12-14,16-18,20-22,24-26,28-30,32-34,36-38,40-42,44-46,48-50,52-54,56-58,60-62,64-66,68-70,72-74,76-78,80-82,87-89H2,2-6H3;20*1H. The van der Waals surface area contributed by atoms with E-state index in [1.165, 1.54) is 321 Å². The van der Waals surface area contributed by atoms with Gasteiger partial charge in [0.1, 0.15) is 11.5 Å². The highest BCUT2D eigenvalue weighted by Crippen LogP contribution is 2.39. The van der Waals surface area contributed by atoms with Crippen molar-refractivity contribution in [1.29, 1.82) is 0 Å². The number of nitrogens with zero attached hydrogens (tertiary/aromatic N) is 2. The van der Waals surface area contributed by atoms with Crippen molar-refractivity contribution in [2.24, 2.45) is 0 Å².